The van der Waals surface area contributed by atoms with Crippen LogP contribution in [0.15, 0.2) is 71.8 Å². The number of thiophene rings is 1. The number of carbonyl (C=O) groups excluding carboxylic acids is 1. The molecule has 0 spiro atoms. The minimum Gasteiger partial charge on any atom is -0.307 e. The number of para-hydroxylation sites is 1. The second kappa shape index (κ2) is 8.81. The van der Waals surface area contributed by atoms with Gasteiger partial charge in [-0.1, -0.05) is 48.5 Å². The zero-order chi connectivity index (χ0) is 23.9. The molecule has 7 nitrogen and oxygen atoms in total. The molecule has 1 aliphatic rings. The minimum atomic E-state index is -3.20. The smallest absolute Gasteiger partial charge is 0.263 e. The molecule has 3 heterocycles. The Kier molecular flexibility index (Phi) is 5.83. The molecule has 0 unspecified atom stereocenters. The van der Waals surface area contributed by atoms with E-state index in [2.05, 4.69) is 4.98 Å². The average Bonchev–Trinajstić information content (AvgIpc) is 3.36. The van der Waals surface area contributed by atoms with Crippen LogP contribution in [0.3, 0.4) is 0 Å². The van der Waals surface area contributed by atoms with Gasteiger partial charge in [-0.05, 0) is 31.0 Å². The summed E-state index contributed by atoms with van der Waals surface area (Å²) >= 11 is 1.45. The van der Waals surface area contributed by atoms with Crippen molar-refractivity contribution in [2.45, 2.75) is 25.9 Å². The number of rotatable bonds is 5. The van der Waals surface area contributed by atoms with Gasteiger partial charge in [0, 0.05) is 16.1 Å². The first-order chi connectivity index (χ1) is 16.3. The van der Waals surface area contributed by atoms with Gasteiger partial charge in [0.05, 0.1) is 29.3 Å². The number of anilines is 1. The highest BCUT2D eigenvalue weighted by Gasteiger charge is 2.35. The minimum absolute atomic E-state index is 0.0519. The standard InChI is InChI=1S/C25H23N3O4S2/c1-17-22(18-8-4-2-5-9-18)23-24(33-17)26-16-27(25(23)30)14-21(29)28(19-10-6-3-7-11-19)20-12-13-34(31,32)15-20/h2-11,16,20H,12-15H2,1H3/t20-/m1/s1. The van der Waals surface area contributed by atoms with Gasteiger partial charge in [-0.25, -0.2) is 13.4 Å². The summed E-state index contributed by atoms with van der Waals surface area (Å²) in [6.07, 6.45) is 1.78. The number of aromatic nitrogens is 2. The maximum Gasteiger partial charge on any atom is 0.263 e. The first-order valence-electron chi connectivity index (χ1n) is 11.0. The number of carbonyl (C=O) groups is 1. The zero-order valence-corrected chi connectivity index (χ0v) is 20.2. The van der Waals surface area contributed by atoms with Crippen molar-refractivity contribution < 1.29 is 13.2 Å². The van der Waals surface area contributed by atoms with Crippen LogP contribution < -0.4 is 10.5 Å². The number of nitrogens with zero attached hydrogens (tertiary/aromatic N) is 3. The summed E-state index contributed by atoms with van der Waals surface area (Å²) in [4.78, 5) is 34.6. The highest BCUT2D eigenvalue weighted by molar-refractivity contribution is 7.91. The van der Waals surface area contributed by atoms with E-state index in [1.165, 1.54) is 27.1 Å². The van der Waals surface area contributed by atoms with Crippen LogP contribution in [0, 0.1) is 6.92 Å². The van der Waals surface area contributed by atoms with E-state index in [1.807, 2.05) is 43.3 Å². The number of sulfone groups is 1. The van der Waals surface area contributed by atoms with E-state index in [0.717, 1.165) is 16.0 Å². The third-order valence-corrected chi connectivity index (χ3v) is 8.86. The van der Waals surface area contributed by atoms with Crippen molar-refractivity contribution in [2.75, 3.05) is 16.4 Å². The monoisotopic (exact) mass is 493 g/mol. The van der Waals surface area contributed by atoms with Gasteiger partial charge in [0.15, 0.2) is 9.84 Å². The van der Waals surface area contributed by atoms with Crippen molar-refractivity contribution in [3.8, 4) is 11.1 Å². The van der Waals surface area contributed by atoms with E-state index in [0.29, 0.717) is 22.3 Å². The average molecular weight is 494 g/mol. The van der Waals surface area contributed by atoms with E-state index in [1.54, 1.807) is 24.3 Å². The Morgan fingerprint density at radius 3 is 2.44 bits per heavy atom. The first-order valence-corrected chi connectivity index (χ1v) is 13.6. The van der Waals surface area contributed by atoms with Crippen LogP contribution in [-0.2, 0) is 21.2 Å². The van der Waals surface area contributed by atoms with Crippen molar-refractivity contribution >= 4 is 43.0 Å². The molecule has 0 bridgehead atoms. The number of hydrogen-bond acceptors (Lipinski definition) is 6. The number of hydrogen-bond donors (Lipinski definition) is 0. The summed E-state index contributed by atoms with van der Waals surface area (Å²) in [5.74, 6) is -0.373. The van der Waals surface area contributed by atoms with Crippen LogP contribution in [-0.4, -0.2) is 41.4 Å². The first kappa shape index (κ1) is 22.5. The van der Waals surface area contributed by atoms with Crippen LogP contribution in [0.2, 0.25) is 0 Å². The highest BCUT2D eigenvalue weighted by atomic mass is 32.2. The molecule has 1 aliphatic heterocycles. The van der Waals surface area contributed by atoms with Crippen LogP contribution in [0.4, 0.5) is 5.69 Å². The van der Waals surface area contributed by atoms with Gasteiger partial charge >= 0.3 is 0 Å². The number of amides is 1. The summed E-state index contributed by atoms with van der Waals surface area (Å²) in [7, 11) is -3.20. The SMILES string of the molecule is Cc1sc2ncn(CC(=O)N(c3ccccc3)[C@@H]3CCS(=O)(=O)C3)c(=O)c2c1-c1ccccc1. The molecule has 9 heteroatoms. The van der Waals surface area contributed by atoms with E-state index in [9.17, 15) is 18.0 Å². The maximum absolute atomic E-state index is 13.5. The van der Waals surface area contributed by atoms with Crippen molar-refractivity contribution in [1.29, 1.82) is 0 Å². The van der Waals surface area contributed by atoms with Gasteiger partial charge in [0.1, 0.15) is 11.4 Å². The predicted octanol–water partition coefficient (Wildman–Crippen LogP) is 3.65. The summed E-state index contributed by atoms with van der Waals surface area (Å²) in [5.41, 5.74) is 2.10. The predicted molar refractivity (Wildman–Crippen MR) is 135 cm³/mol. The fourth-order valence-electron chi connectivity index (χ4n) is 4.55. The summed E-state index contributed by atoms with van der Waals surface area (Å²) in [5, 5.41) is 0.499. The van der Waals surface area contributed by atoms with Crippen molar-refractivity contribution in [3.63, 3.8) is 0 Å². The molecular weight excluding hydrogens is 470 g/mol. The lowest BCUT2D eigenvalue weighted by atomic mass is 10.0. The lowest BCUT2D eigenvalue weighted by molar-refractivity contribution is -0.119. The van der Waals surface area contributed by atoms with Crippen LogP contribution in [0.25, 0.3) is 21.3 Å². The summed E-state index contributed by atoms with van der Waals surface area (Å²) in [6, 6.07) is 18.2. The maximum atomic E-state index is 13.5. The normalized spacial score (nSPS) is 17.1. The summed E-state index contributed by atoms with van der Waals surface area (Å²) in [6.45, 7) is 1.73. The second-order valence-electron chi connectivity index (χ2n) is 8.41. The summed E-state index contributed by atoms with van der Waals surface area (Å²) < 4.78 is 25.6. The number of benzene rings is 2. The van der Waals surface area contributed by atoms with Crippen LogP contribution in [0.5, 0.6) is 0 Å². The number of aryl methyl sites for hydroxylation is 1. The van der Waals surface area contributed by atoms with Gasteiger partial charge < -0.3 is 4.90 Å². The molecule has 0 saturated carbocycles. The van der Waals surface area contributed by atoms with Gasteiger partial charge in [0.2, 0.25) is 5.91 Å². The van der Waals surface area contributed by atoms with Gasteiger partial charge in [-0.15, -0.1) is 11.3 Å². The van der Waals surface area contributed by atoms with Gasteiger partial charge in [-0.2, -0.15) is 0 Å². The van der Waals surface area contributed by atoms with E-state index in [-0.39, 0.29) is 29.5 Å². The van der Waals surface area contributed by atoms with Crippen LogP contribution >= 0.6 is 11.3 Å². The van der Waals surface area contributed by atoms with Crippen molar-refractivity contribution in [3.05, 3.63) is 82.2 Å². The molecule has 0 aliphatic carbocycles. The number of fused-ring (bicyclic) bond motifs is 1. The third kappa shape index (κ3) is 4.17. The Labute approximate surface area is 201 Å². The molecule has 5 rings (SSSR count). The topological polar surface area (TPSA) is 89.3 Å². The molecule has 0 N–H and O–H groups in total. The van der Waals surface area contributed by atoms with Gasteiger partial charge in [-0.3, -0.25) is 14.2 Å². The van der Waals surface area contributed by atoms with Crippen molar-refractivity contribution in [2.24, 2.45) is 0 Å². The fraction of sp³-hybridized carbons (Fsp3) is 0.240. The molecule has 1 amide bonds. The largest absolute Gasteiger partial charge is 0.307 e. The Bertz CT molecular complexity index is 1530. The molecule has 1 saturated heterocycles. The Morgan fingerprint density at radius 1 is 1.12 bits per heavy atom. The van der Waals surface area contributed by atoms with E-state index >= 15 is 0 Å². The lowest BCUT2D eigenvalue weighted by Crippen LogP contribution is -2.44. The second-order valence-corrected chi connectivity index (χ2v) is 11.8. The van der Waals surface area contributed by atoms with Crippen molar-refractivity contribution in [1.82, 2.24) is 9.55 Å². The molecule has 0 radical (unpaired) electrons. The van der Waals surface area contributed by atoms with Gasteiger partial charge in [0.25, 0.3) is 5.56 Å². The molecule has 1 atom stereocenters. The molecule has 34 heavy (non-hydrogen) atoms. The fourth-order valence-corrected chi connectivity index (χ4v) is 7.25. The molecule has 2 aromatic heterocycles. The molecule has 174 valence electrons. The molecule has 1 fully saturated rings. The Morgan fingerprint density at radius 2 is 1.79 bits per heavy atom. The molecule has 2 aromatic carbocycles. The zero-order valence-electron chi connectivity index (χ0n) is 18.5. The van der Waals surface area contributed by atoms with E-state index in [4.69, 9.17) is 0 Å². The Balaban J connectivity index is 1.54. The Hall–Kier alpha value is -3.30. The highest BCUT2D eigenvalue weighted by Crippen LogP contribution is 2.35. The van der Waals surface area contributed by atoms with E-state index < -0.39 is 15.9 Å². The van der Waals surface area contributed by atoms with Crippen LogP contribution in [0.1, 0.15) is 11.3 Å². The molecular formula is C25H23N3O4S2. The quantitative estimate of drug-likeness (QED) is 0.423. The molecule has 4 aromatic rings. The third-order valence-electron chi connectivity index (χ3n) is 6.10. The lowest BCUT2D eigenvalue weighted by Gasteiger charge is -2.28.